The van der Waals surface area contributed by atoms with Gasteiger partial charge in [-0.2, -0.15) is 0 Å². The number of hydrogen-bond donors (Lipinski definition) is 1. The van der Waals surface area contributed by atoms with Crippen LogP contribution in [0, 0.1) is 5.92 Å². The van der Waals surface area contributed by atoms with Gasteiger partial charge in [0.25, 0.3) is 0 Å². The van der Waals surface area contributed by atoms with Crippen molar-refractivity contribution in [1.29, 1.82) is 0 Å². The molecule has 1 N–H and O–H groups in total. The first-order chi connectivity index (χ1) is 8.54. The highest BCUT2D eigenvalue weighted by molar-refractivity contribution is 7.09. The van der Waals surface area contributed by atoms with Crippen LogP contribution in [0.2, 0.25) is 0 Å². The predicted molar refractivity (Wildman–Crippen MR) is 82.2 cm³/mol. The van der Waals surface area contributed by atoms with Crippen molar-refractivity contribution in [2.75, 3.05) is 13.1 Å². The fourth-order valence-electron chi connectivity index (χ4n) is 2.10. The molecule has 0 saturated heterocycles. The molecule has 1 aromatic rings. The maximum atomic E-state index is 3.54. The van der Waals surface area contributed by atoms with Crippen LogP contribution in [0.4, 0.5) is 0 Å². The molecule has 0 bridgehead atoms. The highest BCUT2D eigenvalue weighted by atomic mass is 32.1. The molecule has 18 heavy (non-hydrogen) atoms. The van der Waals surface area contributed by atoms with Crippen LogP contribution in [0.5, 0.6) is 0 Å². The second kappa shape index (κ2) is 7.93. The van der Waals surface area contributed by atoms with Gasteiger partial charge in [0.05, 0.1) is 0 Å². The molecule has 0 aliphatic rings. The molecular weight excluding hydrogens is 240 g/mol. The van der Waals surface area contributed by atoms with Crippen LogP contribution < -0.4 is 5.32 Å². The zero-order valence-electron chi connectivity index (χ0n) is 12.4. The average molecular weight is 268 g/mol. The third-order valence-electron chi connectivity index (χ3n) is 3.59. The normalized spacial score (nSPS) is 15.3. The third kappa shape index (κ3) is 5.09. The summed E-state index contributed by atoms with van der Waals surface area (Å²) in [7, 11) is 0. The summed E-state index contributed by atoms with van der Waals surface area (Å²) in [5.74, 6) is 0.673. The maximum absolute atomic E-state index is 3.54. The number of nitrogens with zero attached hydrogens (tertiary/aromatic N) is 1. The molecule has 0 aliphatic heterocycles. The van der Waals surface area contributed by atoms with Gasteiger partial charge in [-0.15, -0.1) is 11.3 Å². The fraction of sp³-hybridized carbons (Fsp3) is 0.733. The van der Waals surface area contributed by atoms with Crippen LogP contribution >= 0.6 is 11.3 Å². The Hall–Kier alpha value is -0.380. The summed E-state index contributed by atoms with van der Waals surface area (Å²) < 4.78 is 0. The number of hydrogen-bond acceptors (Lipinski definition) is 3. The topological polar surface area (TPSA) is 15.3 Å². The van der Waals surface area contributed by atoms with Crippen molar-refractivity contribution in [2.45, 2.75) is 53.2 Å². The molecule has 2 unspecified atom stereocenters. The first-order valence-electron chi connectivity index (χ1n) is 7.04. The van der Waals surface area contributed by atoms with Gasteiger partial charge in [-0.1, -0.05) is 33.8 Å². The summed E-state index contributed by atoms with van der Waals surface area (Å²) in [6.07, 6.45) is 0. The van der Waals surface area contributed by atoms with Gasteiger partial charge in [0, 0.05) is 23.5 Å². The standard InChI is InChI=1S/C15H28N2S/c1-6-17(11-15-8-7-9-18-15)14(5)13(4)10-16-12(2)3/h7-9,12-14,16H,6,10-11H2,1-5H3. The second-order valence-electron chi connectivity index (χ2n) is 5.42. The largest absolute Gasteiger partial charge is 0.314 e. The quantitative estimate of drug-likeness (QED) is 0.775. The van der Waals surface area contributed by atoms with E-state index in [9.17, 15) is 0 Å². The molecule has 1 aromatic heterocycles. The molecule has 1 rings (SSSR count). The molecule has 2 atom stereocenters. The van der Waals surface area contributed by atoms with Crippen LogP contribution in [0.25, 0.3) is 0 Å². The van der Waals surface area contributed by atoms with Gasteiger partial charge >= 0.3 is 0 Å². The van der Waals surface area contributed by atoms with Gasteiger partial charge in [-0.25, -0.2) is 0 Å². The van der Waals surface area contributed by atoms with E-state index in [4.69, 9.17) is 0 Å². The summed E-state index contributed by atoms with van der Waals surface area (Å²) in [6.45, 7) is 14.7. The van der Waals surface area contributed by atoms with Crippen LogP contribution in [0.3, 0.4) is 0 Å². The zero-order valence-corrected chi connectivity index (χ0v) is 13.3. The molecule has 0 amide bonds. The van der Waals surface area contributed by atoms with Gasteiger partial charge in [-0.05, 0) is 37.4 Å². The highest BCUT2D eigenvalue weighted by Crippen LogP contribution is 2.17. The van der Waals surface area contributed by atoms with Crippen molar-refractivity contribution in [3.63, 3.8) is 0 Å². The molecule has 1 heterocycles. The molecule has 0 aliphatic carbocycles. The Morgan fingerprint density at radius 3 is 2.50 bits per heavy atom. The highest BCUT2D eigenvalue weighted by Gasteiger charge is 2.19. The van der Waals surface area contributed by atoms with Crippen molar-refractivity contribution in [3.8, 4) is 0 Å². The summed E-state index contributed by atoms with van der Waals surface area (Å²) in [4.78, 5) is 4.03. The molecule has 0 aromatic carbocycles. The van der Waals surface area contributed by atoms with E-state index in [1.807, 2.05) is 11.3 Å². The molecule has 0 spiro atoms. The van der Waals surface area contributed by atoms with Gasteiger partial charge in [0.15, 0.2) is 0 Å². The van der Waals surface area contributed by atoms with Crippen LogP contribution in [0.1, 0.15) is 39.5 Å². The van der Waals surface area contributed by atoms with E-state index >= 15 is 0 Å². The smallest absolute Gasteiger partial charge is 0.0330 e. The van der Waals surface area contributed by atoms with Crippen LogP contribution in [-0.4, -0.2) is 30.1 Å². The van der Waals surface area contributed by atoms with Gasteiger partial charge in [-0.3, -0.25) is 4.90 Å². The molecule has 0 fully saturated rings. The Balaban J connectivity index is 2.47. The lowest BCUT2D eigenvalue weighted by Crippen LogP contribution is -2.41. The van der Waals surface area contributed by atoms with E-state index in [1.54, 1.807) is 0 Å². The van der Waals surface area contributed by atoms with Crippen molar-refractivity contribution < 1.29 is 0 Å². The van der Waals surface area contributed by atoms with Crippen LogP contribution in [-0.2, 0) is 6.54 Å². The number of nitrogens with one attached hydrogen (secondary N) is 1. The first kappa shape index (κ1) is 15.7. The minimum absolute atomic E-state index is 0.576. The first-order valence-corrected chi connectivity index (χ1v) is 7.92. The molecule has 3 heteroatoms. The lowest BCUT2D eigenvalue weighted by Gasteiger charge is -2.32. The Morgan fingerprint density at radius 2 is 2.00 bits per heavy atom. The Bertz CT molecular complexity index is 308. The minimum Gasteiger partial charge on any atom is -0.314 e. The molecular formula is C15H28N2S. The third-order valence-corrected chi connectivity index (χ3v) is 4.45. The van der Waals surface area contributed by atoms with Gasteiger partial charge < -0.3 is 5.32 Å². The van der Waals surface area contributed by atoms with E-state index in [1.165, 1.54) is 4.88 Å². The monoisotopic (exact) mass is 268 g/mol. The maximum Gasteiger partial charge on any atom is 0.0330 e. The summed E-state index contributed by atoms with van der Waals surface area (Å²) in [5.41, 5.74) is 0. The number of thiophene rings is 1. The fourth-order valence-corrected chi connectivity index (χ4v) is 2.83. The van der Waals surface area contributed by atoms with Gasteiger partial charge in [0.1, 0.15) is 0 Å². The SMILES string of the molecule is CCN(Cc1cccs1)C(C)C(C)CNC(C)C. The van der Waals surface area contributed by atoms with Gasteiger partial charge in [0.2, 0.25) is 0 Å². The summed E-state index contributed by atoms with van der Waals surface area (Å²) >= 11 is 1.86. The van der Waals surface area contributed by atoms with E-state index in [0.717, 1.165) is 19.6 Å². The van der Waals surface area contributed by atoms with Crippen molar-refractivity contribution in [3.05, 3.63) is 22.4 Å². The molecule has 0 radical (unpaired) electrons. The summed E-state index contributed by atoms with van der Waals surface area (Å²) in [6, 6.07) is 5.56. The van der Waals surface area contributed by atoms with Crippen molar-refractivity contribution >= 4 is 11.3 Å². The van der Waals surface area contributed by atoms with E-state index in [2.05, 4.69) is 62.3 Å². The average Bonchev–Trinajstić information content (AvgIpc) is 2.84. The molecule has 104 valence electrons. The predicted octanol–water partition coefficient (Wildman–Crippen LogP) is 3.59. The van der Waals surface area contributed by atoms with E-state index in [0.29, 0.717) is 18.0 Å². The minimum atomic E-state index is 0.576. The van der Waals surface area contributed by atoms with Crippen LogP contribution in [0.15, 0.2) is 17.5 Å². The Kier molecular flexibility index (Phi) is 6.90. The Labute approximate surface area is 116 Å². The summed E-state index contributed by atoms with van der Waals surface area (Å²) in [5, 5.41) is 5.70. The second-order valence-corrected chi connectivity index (χ2v) is 6.46. The van der Waals surface area contributed by atoms with Crippen molar-refractivity contribution in [1.82, 2.24) is 10.2 Å². The van der Waals surface area contributed by atoms with E-state index < -0.39 is 0 Å². The van der Waals surface area contributed by atoms with Crippen molar-refractivity contribution in [2.24, 2.45) is 5.92 Å². The lowest BCUT2D eigenvalue weighted by atomic mass is 10.0. The number of rotatable bonds is 8. The zero-order chi connectivity index (χ0) is 13.5. The van der Waals surface area contributed by atoms with E-state index in [-0.39, 0.29) is 0 Å². The molecule has 0 saturated carbocycles. The lowest BCUT2D eigenvalue weighted by molar-refractivity contribution is 0.159. The molecule has 2 nitrogen and oxygen atoms in total. The Morgan fingerprint density at radius 1 is 1.28 bits per heavy atom.